The van der Waals surface area contributed by atoms with Crippen LogP contribution in [0.2, 0.25) is 5.02 Å². The van der Waals surface area contributed by atoms with E-state index in [4.69, 9.17) is 16.3 Å². The first-order chi connectivity index (χ1) is 12.4. The zero-order valence-corrected chi connectivity index (χ0v) is 17.0. The summed E-state index contributed by atoms with van der Waals surface area (Å²) in [5, 5.41) is 0.303. The van der Waals surface area contributed by atoms with Gasteiger partial charge in [0.15, 0.2) is 0 Å². The number of sulfonamides is 1. The molecule has 0 saturated carbocycles. The Hall–Kier alpha value is -1.41. The van der Waals surface area contributed by atoms with Crippen LogP contribution in [0.15, 0.2) is 51.8 Å². The van der Waals surface area contributed by atoms with Crippen molar-refractivity contribution in [3.05, 3.63) is 57.5 Å². The van der Waals surface area contributed by atoms with Gasteiger partial charge in [0, 0.05) is 17.6 Å². The second-order valence-corrected chi connectivity index (χ2v) is 9.21. The molecule has 0 aromatic heterocycles. The molecule has 0 bridgehead atoms. The lowest BCUT2D eigenvalue weighted by Crippen LogP contribution is -2.35. The lowest BCUT2D eigenvalue weighted by molar-refractivity contribution is 0.0734. The van der Waals surface area contributed by atoms with Gasteiger partial charge in [-0.15, -0.1) is 0 Å². The van der Waals surface area contributed by atoms with Crippen LogP contribution in [0.5, 0.6) is 5.75 Å². The Morgan fingerprint density at radius 1 is 1.04 bits per heavy atom. The number of halogens is 2. The molecule has 0 unspecified atom stereocenters. The second-order valence-electron chi connectivity index (χ2n) is 5.95. The van der Waals surface area contributed by atoms with E-state index >= 15 is 0 Å². The van der Waals surface area contributed by atoms with E-state index < -0.39 is 16.0 Å². The number of nitrogens with zero attached hydrogens (tertiary/aromatic N) is 1. The Morgan fingerprint density at radius 3 is 2.31 bits per heavy atom. The van der Waals surface area contributed by atoms with Crippen LogP contribution in [-0.2, 0) is 10.0 Å². The Labute approximate surface area is 166 Å². The first-order valence-electron chi connectivity index (χ1n) is 8.15. The molecule has 1 aliphatic rings. The molecule has 2 aromatic carbocycles. The Bertz CT molecular complexity index is 909. The minimum atomic E-state index is -3.52. The van der Waals surface area contributed by atoms with Crippen molar-refractivity contribution >= 4 is 43.5 Å². The van der Waals surface area contributed by atoms with Gasteiger partial charge in [0.1, 0.15) is 5.75 Å². The van der Waals surface area contributed by atoms with Gasteiger partial charge in [-0.05, 0) is 55.3 Å². The maximum atomic E-state index is 12.6. The second kappa shape index (κ2) is 8.08. The summed E-state index contributed by atoms with van der Waals surface area (Å²) >= 11 is 9.32. The van der Waals surface area contributed by atoms with E-state index in [0.29, 0.717) is 18.1 Å². The summed E-state index contributed by atoms with van der Waals surface area (Å²) in [4.78, 5) is 12.4. The lowest BCUT2D eigenvalue weighted by atomic mass is 10.2. The molecule has 0 spiro atoms. The number of benzene rings is 2. The topological polar surface area (TPSA) is 63.7 Å². The zero-order valence-electron chi connectivity index (χ0n) is 13.8. The summed E-state index contributed by atoms with van der Waals surface area (Å²) < 4.78 is 32.8. The van der Waals surface area contributed by atoms with Gasteiger partial charge in [-0.2, -0.15) is 4.31 Å². The van der Waals surface area contributed by atoms with E-state index in [-0.39, 0.29) is 16.2 Å². The smallest absolute Gasteiger partial charge is 0.343 e. The van der Waals surface area contributed by atoms with Crippen LogP contribution in [0.25, 0.3) is 0 Å². The van der Waals surface area contributed by atoms with Gasteiger partial charge in [0.25, 0.3) is 0 Å². The largest absolute Gasteiger partial charge is 0.421 e. The number of ether oxygens (including phenoxy) is 1. The molecule has 5 nitrogen and oxygen atoms in total. The molecular weight excluding hydrogens is 442 g/mol. The summed E-state index contributed by atoms with van der Waals surface area (Å²) in [5.41, 5.74) is 0.251. The molecule has 0 aliphatic carbocycles. The molecule has 1 saturated heterocycles. The Morgan fingerprint density at radius 2 is 1.69 bits per heavy atom. The predicted molar refractivity (Wildman–Crippen MR) is 103 cm³/mol. The van der Waals surface area contributed by atoms with E-state index in [1.165, 1.54) is 28.6 Å². The zero-order chi connectivity index (χ0) is 18.7. The van der Waals surface area contributed by atoms with E-state index in [9.17, 15) is 13.2 Å². The van der Waals surface area contributed by atoms with Crippen LogP contribution in [0.4, 0.5) is 0 Å². The summed E-state index contributed by atoms with van der Waals surface area (Å²) in [6.45, 7) is 1.07. The van der Waals surface area contributed by atoms with Crippen LogP contribution >= 0.6 is 27.5 Å². The summed E-state index contributed by atoms with van der Waals surface area (Å²) in [7, 11) is -3.52. The highest BCUT2D eigenvalue weighted by Crippen LogP contribution is 2.28. The quantitative estimate of drug-likeness (QED) is 0.500. The van der Waals surface area contributed by atoms with Gasteiger partial charge in [0.05, 0.1) is 15.5 Å². The molecule has 138 valence electrons. The highest BCUT2D eigenvalue weighted by atomic mass is 79.9. The fraction of sp³-hybridized carbons (Fsp3) is 0.278. The van der Waals surface area contributed by atoms with Crippen molar-refractivity contribution in [3.8, 4) is 5.75 Å². The third-order valence-electron chi connectivity index (χ3n) is 4.14. The van der Waals surface area contributed by atoms with Crippen molar-refractivity contribution < 1.29 is 17.9 Å². The van der Waals surface area contributed by atoms with Gasteiger partial charge in [-0.25, -0.2) is 13.2 Å². The van der Waals surface area contributed by atoms with Gasteiger partial charge in [-0.3, -0.25) is 0 Å². The van der Waals surface area contributed by atoms with E-state index in [1.807, 2.05) is 0 Å². The number of esters is 1. The first-order valence-corrected chi connectivity index (χ1v) is 10.8. The van der Waals surface area contributed by atoms with Crippen molar-refractivity contribution in [1.29, 1.82) is 0 Å². The molecule has 26 heavy (non-hydrogen) atoms. The number of carbonyl (C=O) groups is 1. The maximum absolute atomic E-state index is 12.6. The number of piperidine rings is 1. The maximum Gasteiger partial charge on any atom is 0.343 e. The summed E-state index contributed by atoms with van der Waals surface area (Å²) in [6.07, 6.45) is 2.80. The average molecular weight is 459 g/mol. The number of hydrogen-bond donors (Lipinski definition) is 0. The number of hydrogen-bond acceptors (Lipinski definition) is 4. The Balaban J connectivity index is 1.75. The molecular formula is C18H17BrClNO4S. The third-order valence-corrected chi connectivity index (χ3v) is 6.84. The molecule has 8 heteroatoms. The summed E-state index contributed by atoms with van der Waals surface area (Å²) in [5.74, 6) is -0.360. The highest BCUT2D eigenvalue weighted by molar-refractivity contribution is 9.10. The molecule has 0 N–H and O–H groups in total. The van der Waals surface area contributed by atoms with Crippen LogP contribution in [0, 0.1) is 0 Å². The van der Waals surface area contributed by atoms with Gasteiger partial charge in [0.2, 0.25) is 10.0 Å². The van der Waals surface area contributed by atoms with Crippen molar-refractivity contribution in [2.75, 3.05) is 13.1 Å². The van der Waals surface area contributed by atoms with Gasteiger partial charge < -0.3 is 4.74 Å². The molecule has 1 fully saturated rings. The fourth-order valence-corrected chi connectivity index (χ4v) is 4.96. The SMILES string of the molecule is O=C(Oc1ccc(Br)cc1Cl)c1ccc(S(=O)(=O)N2CCCCC2)cc1. The molecule has 2 aromatic rings. The first kappa shape index (κ1) is 19.4. The minimum absolute atomic E-state index is 0.178. The van der Waals surface area contributed by atoms with E-state index in [0.717, 1.165) is 23.7 Å². The van der Waals surface area contributed by atoms with Crippen LogP contribution in [0.1, 0.15) is 29.6 Å². The number of carbonyl (C=O) groups excluding carboxylic acids is 1. The van der Waals surface area contributed by atoms with Crippen molar-refractivity contribution in [1.82, 2.24) is 4.31 Å². The van der Waals surface area contributed by atoms with Gasteiger partial charge in [-0.1, -0.05) is 34.0 Å². The number of rotatable bonds is 4. The molecule has 3 rings (SSSR count). The highest BCUT2D eigenvalue weighted by Gasteiger charge is 2.26. The Kier molecular flexibility index (Phi) is 6.02. The van der Waals surface area contributed by atoms with Crippen LogP contribution in [0.3, 0.4) is 0 Å². The normalized spacial score (nSPS) is 15.6. The third kappa shape index (κ3) is 4.28. The monoisotopic (exact) mass is 457 g/mol. The predicted octanol–water partition coefficient (Wildman–Crippen LogP) is 4.50. The van der Waals surface area contributed by atoms with Crippen molar-refractivity contribution in [2.45, 2.75) is 24.2 Å². The summed E-state index contributed by atoms with van der Waals surface area (Å²) in [6, 6.07) is 10.7. The molecule has 1 heterocycles. The van der Waals surface area contributed by atoms with Gasteiger partial charge >= 0.3 is 5.97 Å². The van der Waals surface area contributed by atoms with E-state index in [2.05, 4.69) is 15.9 Å². The minimum Gasteiger partial charge on any atom is -0.421 e. The fourth-order valence-electron chi connectivity index (χ4n) is 2.73. The molecule has 1 aliphatic heterocycles. The van der Waals surface area contributed by atoms with Crippen LogP contribution in [-0.4, -0.2) is 31.8 Å². The van der Waals surface area contributed by atoms with Crippen molar-refractivity contribution in [2.24, 2.45) is 0 Å². The molecule has 0 amide bonds. The average Bonchev–Trinajstić information content (AvgIpc) is 2.65. The van der Waals surface area contributed by atoms with Crippen molar-refractivity contribution in [3.63, 3.8) is 0 Å². The lowest BCUT2D eigenvalue weighted by Gasteiger charge is -2.25. The van der Waals surface area contributed by atoms with E-state index in [1.54, 1.807) is 18.2 Å². The molecule has 0 atom stereocenters. The van der Waals surface area contributed by atoms with Crippen LogP contribution < -0.4 is 4.74 Å². The standard InChI is InChI=1S/C18H17BrClNO4S/c19-14-6-9-17(16(20)12-14)25-18(22)13-4-7-15(8-5-13)26(23,24)21-10-2-1-3-11-21/h4-9,12H,1-3,10-11H2. The molecule has 0 radical (unpaired) electrons.